The van der Waals surface area contributed by atoms with E-state index in [1.54, 1.807) is 48.7 Å². The maximum absolute atomic E-state index is 5.47. The second-order valence-corrected chi connectivity index (χ2v) is 5.98. The second-order valence-electron chi connectivity index (χ2n) is 5.98. The predicted molar refractivity (Wildman–Crippen MR) is 128 cm³/mol. The topological polar surface area (TPSA) is 82.6 Å². The number of benzene rings is 2. The van der Waals surface area contributed by atoms with Crippen LogP contribution in [0.15, 0.2) is 35.3 Å². The average Bonchev–Trinajstić information content (AvgIpc) is 2.78. The lowest BCUT2D eigenvalue weighted by atomic mass is 10.1. The Labute approximate surface area is 194 Å². The van der Waals surface area contributed by atoms with Gasteiger partial charge in [0.1, 0.15) is 17.2 Å². The van der Waals surface area contributed by atoms with Crippen LogP contribution in [0.3, 0.4) is 0 Å². The van der Waals surface area contributed by atoms with Crippen LogP contribution in [0, 0.1) is 0 Å². The highest BCUT2D eigenvalue weighted by atomic mass is 127. The van der Waals surface area contributed by atoms with E-state index in [2.05, 4.69) is 15.6 Å². The van der Waals surface area contributed by atoms with Gasteiger partial charge in [0.15, 0.2) is 17.5 Å². The first-order chi connectivity index (χ1) is 14.1. The molecule has 2 N–H and O–H groups in total. The van der Waals surface area contributed by atoms with Gasteiger partial charge in [0.25, 0.3) is 0 Å². The monoisotopic (exact) mass is 531 g/mol. The standard InChI is InChI=1S/C21H29N3O5.HI/c1-22-21(23-12-14-7-8-16(25-2)10-17(14)26-3)24-13-15-9-19(28-5)20(29-6)11-18(15)27-4;/h7-11H,12-13H2,1-6H3,(H2,22,23,24);1H. The molecule has 0 bridgehead atoms. The number of nitrogens with one attached hydrogen (secondary N) is 2. The Morgan fingerprint density at radius 2 is 1.23 bits per heavy atom. The lowest BCUT2D eigenvalue weighted by Crippen LogP contribution is -2.36. The van der Waals surface area contributed by atoms with Gasteiger partial charge < -0.3 is 34.3 Å². The summed E-state index contributed by atoms with van der Waals surface area (Å²) in [7, 11) is 9.79. The van der Waals surface area contributed by atoms with Crippen LogP contribution in [0.2, 0.25) is 0 Å². The summed E-state index contributed by atoms with van der Waals surface area (Å²) in [5, 5.41) is 6.55. The van der Waals surface area contributed by atoms with Crippen molar-refractivity contribution in [2.45, 2.75) is 13.1 Å². The van der Waals surface area contributed by atoms with Gasteiger partial charge >= 0.3 is 0 Å². The summed E-state index contributed by atoms with van der Waals surface area (Å²) in [6, 6.07) is 9.37. The van der Waals surface area contributed by atoms with E-state index in [9.17, 15) is 0 Å². The molecule has 0 spiro atoms. The van der Waals surface area contributed by atoms with Gasteiger partial charge in [0.2, 0.25) is 0 Å². The van der Waals surface area contributed by atoms with Crippen LogP contribution in [0.25, 0.3) is 0 Å². The summed E-state index contributed by atoms with van der Waals surface area (Å²) < 4.78 is 26.8. The number of guanidine groups is 1. The Morgan fingerprint density at radius 1 is 0.700 bits per heavy atom. The molecule has 0 atom stereocenters. The molecule has 0 aliphatic rings. The number of ether oxygens (including phenoxy) is 5. The van der Waals surface area contributed by atoms with Crippen molar-refractivity contribution < 1.29 is 23.7 Å². The first-order valence-corrected chi connectivity index (χ1v) is 9.04. The molecule has 0 heterocycles. The molecule has 0 saturated heterocycles. The summed E-state index contributed by atoms with van der Waals surface area (Å²) >= 11 is 0. The minimum Gasteiger partial charge on any atom is -0.497 e. The average molecular weight is 531 g/mol. The fraction of sp³-hybridized carbons (Fsp3) is 0.381. The van der Waals surface area contributed by atoms with Crippen LogP contribution in [0.1, 0.15) is 11.1 Å². The highest BCUT2D eigenvalue weighted by molar-refractivity contribution is 14.0. The highest BCUT2D eigenvalue weighted by Crippen LogP contribution is 2.34. The molecule has 2 rings (SSSR count). The Kier molecular flexibility index (Phi) is 10.9. The molecular formula is C21H30IN3O5. The SMILES string of the molecule is CN=C(NCc1ccc(OC)cc1OC)NCc1cc(OC)c(OC)cc1OC.I. The van der Waals surface area contributed by atoms with Gasteiger partial charge in [0, 0.05) is 43.4 Å². The van der Waals surface area contributed by atoms with E-state index in [0.29, 0.717) is 36.3 Å². The van der Waals surface area contributed by atoms with Gasteiger partial charge in [-0.3, -0.25) is 4.99 Å². The lowest BCUT2D eigenvalue weighted by molar-refractivity contribution is 0.347. The summed E-state index contributed by atoms with van der Waals surface area (Å²) in [6.07, 6.45) is 0. The zero-order valence-electron chi connectivity index (χ0n) is 18.2. The molecule has 166 valence electrons. The van der Waals surface area contributed by atoms with Crippen molar-refractivity contribution in [3.63, 3.8) is 0 Å². The highest BCUT2D eigenvalue weighted by Gasteiger charge is 2.12. The smallest absolute Gasteiger partial charge is 0.191 e. The molecular weight excluding hydrogens is 501 g/mol. The molecule has 8 nitrogen and oxygen atoms in total. The van der Waals surface area contributed by atoms with Gasteiger partial charge in [-0.05, 0) is 18.2 Å². The van der Waals surface area contributed by atoms with Gasteiger partial charge in [-0.25, -0.2) is 0 Å². The van der Waals surface area contributed by atoms with Crippen LogP contribution >= 0.6 is 24.0 Å². The normalized spacial score (nSPS) is 10.5. The molecule has 0 radical (unpaired) electrons. The van der Waals surface area contributed by atoms with Gasteiger partial charge in [0.05, 0.1) is 35.5 Å². The fourth-order valence-corrected chi connectivity index (χ4v) is 2.81. The largest absolute Gasteiger partial charge is 0.497 e. The van der Waals surface area contributed by atoms with Crippen molar-refractivity contribution in [3.8, 4) is 28.7 Å². The van der Waals surface area contributed by atoms with E-state index < -0.39 is 0 Å². The van der Waals surface area contributed by atoms with E-state index in [1.807, 2.05) is 24.3 Å². The minimum atomic E-state index is 0. The molecule has 0 amide bonds. The molecule has 0 aliphatic heterocycles. The maximum atomic E-state index is 5.47. The van der Waals surface area contributed by atoms with Crippen LogP contribution in [0.4, 0.5) is 0 Å². The summed E-state index contributed by atoms with van der Waals surface area (Å²) in [4.78, 5) is 4.27. The van der Waals surface area contributed by atoms with Crippen molar-refractivity contribution in [2.24, 2.45) is 4.99 Å². The van der Waals surface area contributed by atoms with E-state index >= 15 is 0 Å². The molecule has 0 saturated carbocycles. The third kappa shape index (κ3) is 6.48. The van der Waals surface area contributed by atoms with Crippen molar-refractivity contribution in [1.82, 2.24) is 10.6 Å². The molecule has 0 aromatic heterocycles. The van der Waals surface area contributed by atoms with E-state index in [1.165, 1.54) is 0 Å². The lowest BCUT2D eigenvalue weighted by Gasteiger charge is -2.17. The number of hydrogen-bond acceptors (Lipinski definition) is 6. The van der Waals surface area contributed by atoms with Gasteiger partial charge in [-0.15, -0.1) is 24.0 Å². The van der Waals surface area contributed by atoms with Crippen molar-refractivity contribution in [2.75, 3.05) is 42.6 Å². The Hall–Kier alpha value is -2.56. The summed E-state index contributed by atoms with van der Waals surface area (Å²) in [6.45, 7) is 1.03. The number of nitrogens with zero attached hydrogens (tertiary/aromatic N) is 1. The molecule has 0 unspecified atom stereocenters. The Bertz CT molecular complexity index is 846. The minimum absolute atomic E-state index is 0. The first kappa shape index (κ1) is 25.5. The van der Waals surface area contributed by atoms with Gasteiger partial charge in [-0.1, -0.05) is 0 Å². The van der Waals surface area contributed by atoms with Crippen LogP contribution in [-0.2, 0) is 13.1 Å². The predicted octanol–water partition coefficient (Wildman–Crippen LogP) is 3.21. The quantitative estimate of drug-likeness (QED) is 0.292. The van der Waals surface area contributed by atoms with Crippen molar-refractivity contribution in [1.29, 1.82) is 0 Å². The number of methoxy groups -OCH3 is 5. The van der Waals surface area contributed by atoms with E-state index in [-0.39, 0.29) is 24.0 Å². The number of hydrogen-bond donors (Lipinski definition) is 2. The number of rotatable bonds is 9. The summed E-state index contributed by atoms with van der Waals surface area (Å²) in [5.74, 6) is 4.07. The Balaban J connectivity index is 0.00000450. The zero-order valence-corrected chi connectivity index (χ0v) is 20.5. The van der Waals surface area contributed by atoms with Gasteiger partial charge in [-0.2, -0.15) is 0 Å². The summed E-state index contributed by atoms with van der Waals surface area (Å²) in [5.41, 5.74) is 1.90. The molecule has 2 aromatic rings. The van der Waals surface area contributed by atoms with Crippen molar-refractivity contribution in [3.05, 3.63) is 41.5 Å². The maximum Gasteiger partial charge on any atom is 0.191 e. The van der Waals surface area contributed by atoms with Crippen molar-refractivity contribution >= 4 is 29.9 Å². The third-order valence-electron chi connectivity index (χ3n) is 4.40. The third-order valence-corrected chi connectivity index (χ3v) is 4.40. The van der Waals surface area contributed by atoms with E-state index in [0.717, 1.165) is 22.6 Å². The number of aliphatic imine (C=N–C) groups is 1. The van der Waals surface area contributed by atoms with Crippen LogP contribution < -0.4 is 34.3 Å². The molecule has 0 fully saturated rings. The second kappa shape index (κ2) is 12.9. The van der Waals surface area contributed by atoms with Crippen LogP contribution in [-0.4, -0.2) is 48.6 Å². The number of halogens is 1. The zero-order chi connectivity index (χ0) is 21.2. The molecule has 0 aliphatic carbocycles. The van der Waals surface area contributed by atoms with E-state index in [4.69, 9.17) is 23.7 Å². The molecule has 30 heavy (non-hydrogen) atoms. The molecule has 2 aromatic carbocycles. The Morgan fingerprint density at radius 3 is 1.77 bits per heavy atom. The fourth-order valence-electron chi connectivity index (χ4n) is 2.81. The van der Waals surface area contributed by atoms with Crippen LogP contribution in [0.5, 0.6) is 28.7 Å². The molecule has 9 heteroatoms. The first-order valence-electron chi connectivity index (χ1n) is 9.04.